The van der Waals surface area contributed by atoms with Gasteiger partial charge >= 0.3 is 23.9 Å². The number of hydrogen-bond acceptors (Lipinski definition) is 8. The number of hydrogen-bond donors (Lipinski definition) is 0. The molecule has 2 aromatic rings. The standard InChI is InChI=1S/C8Br4O3.C8H3NO5/c9-3-1-2(8(14)15-7(1)13)4(10)6(12)5(3)11;10-7-4-2-1-3-5(9(12)13)6(4)8(11)14-7/h;1-3H. The lowest BCUT2D eigenvalue weighted by molar-refractivity contribution is -0.385. The van der Waals surface area contributed by atoms with Gasteiger partial charge in [0, 0.05) is 24.0 Å². The second kappa shape index (κ2) is 8.05. The van der Waals surface area contributed by atoms with Crippen LogP contribution in [0.4, 0.5) is 5.69 Å². The molecule has 9 nitrogen and oxygen atoms in total. The summed E-state index contributed by atoms with van der Waals surface area (Å²) in [6, 6.07) is 3.80. The van der Waals surface area contributed by atoms with Crippen LogP contribution in [-0.4, -0.2) is 28.8 Å². The van der Waals surface area contributed by atoms with Gasteiger partial charge in [0.1, 0.15) is 0 Å². The second-order valence-corrected chi connectivity index (χ2v) is 8.49. The zero-order valence-electron chi connectivity index (χ0n) is 13.5. The molecule has 148 valence electrons. The minimum atomic E-state index is -0.961. The Hall–Kier alpha value is -1.96. The van der Waals surface area contributed by atoms with Crippen molar-refractivity contribution in [3.63, 3.8) is 0 Å². The van der Waals surface area contributed by atoms with Crippen LogP contribution < -0.4 is 0 Å². The van der Waals surface area contributed by atoms with E-state index in [2.05, 4.69) is 73.2 Å². The fourth-order valence-electron chi connectivity index (χ4n) is 2.47. The van der Waals surface area contributed by atoms with Crippen LogP contribution in [0.3, 0.4) is 0 Å². The van der Waals surface area contributed by atoms with Crippen molar-refractivity contribution in [3.05, 3.63) is 68.5 Å². The maximum Gasteiger partial charge on any atom is 0.353 e. The van der Waals surface area contributed by atoms with Crippen LogP contribution in [0.2, 0.25) is 0 Å². The molecule has 13 heteroatoms. The van der Waals surface area contributed by atoms with E-state index < -0.39 is 34.5 Å². The van der Waals surface area contributed by atoms with Gasteiger partial charge in [-0.3, -0.25) is 10.1 Å². The van der Waals surface area contributed by atoms with Gasteiger partial charge in [-0.05, 0) is 69.8 Å². The molecule has 0 saturated carbocycles. The summed E-state index contributed by atoms with van der Waals surface area (Å²) in [6.45, 7) is 0. The summed E-state index contributed by atoms with van der Waals surface area (Å²) >= 11 is 13.0. The number of carbonyl (C=O) groups excluding carboxylic acids is 4. The van der Waals surface area contributed by atoms with Crippen LogP contribution in [0, 0.1) is 10.1 Å². The molecule has 0 unspecified atom stereocenters. The Labute approximate surface area is 194 Å². The summed E-state index contributed by atoms with van der Waals surface area (Å²) in [5.74, 6) is -3.09. The number of esters is 4. The lowest BCUT2D eigenvalue weighted by atomic mass is 10.1. The van der Waals surface area contributed by atoms with E-state index in [1.807, 2.05) is 0 Å². The number of nitrogens with zero attached hydrogens (tertiary/aromatic N) is 1. The van der Waals surface area contributed by atoms with Crippen molar-refractivity contribution >= 4 is 93.3 Å². The van der Waals surface area contributed by atoms with E-state index in [0.29, 0.717) is 17.9 Å². The number of nitro groups is 1. The Balaban J connectivity index is 0.000000166. The zero-order valence-corrected chi connectivity index (χ0v) is 19.8. The monoisotopic (exact) mass is 653 g/mol. The Bertz CT molecular complexity index is 1120. The number of cyclic esters (lactones) is 4. The molecule has 4 rings (SSSR count). The minimum absolute atomic E-state index is 0.0517. The molecule has 0 spiro atoms. The van der Waals surface area contributed by atoms with Gasteiger partial charge in [-0.25, -0.2) is 19.2 Å². The number of nitro benzene ring substituents is 1. The van der Waals surface area contributed by atoms with Gasteiger partial charge in [0.2, 0.25) is 0 Å². The molecule has 2 aliphatic rings. The van der Waals surface area contributed by atoms with Gasteiger partial charge in [-0.2, -0.15) is 0 Å². The second-order valence-electron chi connectivity index (χ2n) is 5.32. The first-order valence-electron chi connectivity index (χ1n) is 7.22. The van der Waals surface area contributed by atoms with E-state index in [9.17, 15) is 29.3 Å². The normalized spacial score (nSPS) is 13.9. The Morgan fingerprint density at radius 1 is 0.690 bits per heavy atom. The summed E-state index contributed by atoms with van der Waals surface area (Å²) in [5.41, 5.74) is -0.242. The molecule has 2 aromatic carbocycles. The number of benzene rings is 2. The van der Waals surface area contributed by atoms with Crippen molar-refractivity contribution in [2.24, 2.45) is 0 Å². The van der Waals surface area contributed by atoms with Crippen molar-refractivity contribution in [1.82, 2.24) is 0 Å². The van der Waals surface area contributed by atoms with Crippen LogP contribution >= 0.6 is 63.7 Å². The number of halogens is 4. The molecule has 2 aliphatic heterocycles. The summed E-state index contributed by atoms with van der Waals surface area (Å²) < 4.78 is 11.1. The first kappa shape index (κ1) is 21.7. The number of rotatable bonds is 1. The zero-order chi connectivity index (χ0) is 21.6. The van der Waals surface area contributed by atoms with Gasteiger partial charge in [-0.15, -0.1) is 0 Å². The molecule has 2 heterocycles. The number of fused-ring (bicyclic) bond motifs is 2. The highest BCUT2D eigenvalue weighted by Crippen LogP contribution is 2.44. The predicted octanol–water partition coefficient (Wildman–Crippen LogP) is 4.95. The first-order chi connectivity index (χ1) is 13.6. The number of ether oxygens (including phenoxy) is 2. The third-order valence-corrected chi connectivity index (χ3v) is 8.48. The highest BCUT2D eigenvalue weighted by molar-refractivity contribution is 9.15. The van der Waals surface area contributed by atoms with Crippen molar-refractivity contribution in [3.8, 4) is 0 Å². The highest BCUT2D eigenvalue weighted by atomic mass is 79.9. The molecule has 0 amide bonds. The third kappa shape index (κ3) is 3.67. The molecule has 0 bridgehead atoms. The fraction of sp³-hybridized carbons (Fsp3) is 0. The number of carbonyl (C=O) groups is 4. The average Bonchev–Trinajstić information content (AvgIpc) is 3.13. The maximum absolute atomic E-state index is 11.4. The maximum atomic E-state index is 11.4. The van der Waals surface area contributed by atoms with E-state index in [-0.39, 0.29) is 22.3 Å². The summed E-state index contributed by atoms with van der Waals surface area (Å²) in [5, 5.41) is 10.5. The largest absolute Gasteiger partial charge is 0.386 e. The summed E-state index contributed by atoms with van der Waals surface area (Å²) in [7, 11) is 0. The molecule has 0 saturated heterocycles. The van der Waals surface area contributed by atoms with Crippen molar-refractivity contribution < 1.29 is 33.6 Å². The molecular formula is C16H3Br4NO8. The van der Waals surface area contributed by atoms with E-state index in [1.54, 1.807) is 0 Å². The SMILES string of the molecule is O=C1OC(=O)c2c(Br)c(Br)c(Br)c(Br)c21.O=C1OC(=O)c2c1cccc2[N+](=O)[O-]. The van der Waals surface area contributed by atoms with Gasteiger partial charge in [0.15, 0.2) is 5.56 Å². The third-order valence-electron chi connectivity index (χ3n) is 3.71. The lowest BCUT2D eigenvalue weighted by Crippen LogP contribution is -2.00. The van der Waals surface area contributed by atoms with Crippen LogP contribution in [0.1, 0.15) is 41.4 Å². The van der Waals surface area contributed by atoms with Crippen LogP contribution in [0.5, 0.6) is 0 Å². The molecule has 0 N–H and O–H groups in total. The fourth-order valence-corrected chi connectivity index (χ4v) is 4.91. The van der Waals surface area contributed by atoms with Gasteiger partial charge in [0.25, 0.3) is 5.69 Å². The molecule has 0 aromatic heterocycles. The van der Waals surface area contributed by atoms with E-state index in [1.165, 1.54) is 12.1 Å². The van der Waals surface area contributed by atoms with Crippen LogP contribution in [-0.2, 0) is 9.47 Å². The highest BCUT2D eigenvalue weighted by Gasteiger charge is 2.37. The summed E-state index contributed by atoms with van der Waals surface area (Å²) in [4.78, 5) is 54.6. The first-order valence-corrected chi connectivity index (χ1v) is 10.4. The molecule has 0 fully saturated rings. The summed E-state index contributed by atoms with van der Waals surface area (Å²) in [6.07, 6.45) is 0. The van der Waals surface area contributed by atoms with Gasteiger partial charge in [0.05, 0.1) is 21.6 Å². The Morgan fingerprint density at radius 2 is 1.14 bits per heavy atom. The Kier molecular flexibility index (Phi) is 6.03. The minimum Gasteiger partial charge on any atom is -0.386 e. The van der Waals surface area contributed by atoms with E-state index in [0.717, 1.165) is 6.07 Å². The van der Waals surface area contributed by atoms with Crippen LogP contribution in [0.15, 0.2) is 36.1 Å². The topological polar surface area (TPSA) is 130 Å². The van der Waals surface area contributed by atoms with Crippen LogP contribution in [0.25, 0.3) is 0 Å². The van der Waals surface area contributed by atoms with Crippen molar-refractivity contribution in [1.29, 1.82) is 0 Å². The van der Waals surface area contributed by atoms with Gasteiger partial charge in [-0.1, -0.05) is 6.07 Å². The average molecular weight is 657 g/mol. The smallest absolute Gasteiger partial charge is 0.353 e. The van der Waals surface area contributed by atoms with Crippen molar-refractivity contribution in [2.75, 3.05) is 0 Å². The molecule has 0 aliphatic carbocycles. The molecule has 0 radical (unpaired) electrons. The van der Waals surface area contributed by atoms with E-state index in [4.69, 9.17) is 0 Å². The molecule has 29 heavy (non-hydrogen) atoms. The quantitative estimate of drug-likeness (QED) is 0.105. The Morgan fingerprint density at radius 3 is 1.62 bits per heavy atom. The van der Waals surface area contributed by atoms with E-state index >= 15 is 0 Å². The predicted molar refractivity (Wildman–Crippen MR) is 110 cm³/mol. The molecular weight excluding hydrogens is 654 g/mol. The molecule has 0 atom stereocenters. The van der Waals surface area contributed by atoms with Gasteiger partial charge < -0.3 is 9.47 Å². The lowest BCUT2D eigenvalue weighted by Gasteiger charge is -2.06. The van der Waals surface area contributed by atoms with Crippen molar-refractivity contribution in [2.45, 2.75) is 0 Å².